The molecule has 0 radical (unpaired) electrons. The van der Waals surface area contributed by atoms with Crippen molar-refractivity contribution in [3.05, 3.63) is 48.0 Å². The minimum absolute atomic E-state index is 0.0402. The van der Waals surface area contributed by atoms with E-state index in [4.69, 9.17) is 9.47 Å². The quantitative estimate of drug-likeness (QED) is 0.791. The summed E-state index contributed by atoms with van der Waals surface area (Å²) >= 11 is 0. The lowest BCUT2D eigenvalue weighted by Crippen LogP contribution is -2.44. The predicted octanol–water partition coefficient (Wildman–Crippen LogP) is 3.79. The highest BCUT2D eigenvalue weighted by atomic mass is 16.5. The molecular formula is C22H26N2O4. The number of amides is 2. The van der Waals surface area contributed by atoms with Crippen LogP contribution in [-0.4, -0.2) is 31.1 Å². The Morgan fingerprint density at radius 2 is 1.93 bits per heavy atom. The van der Waals surface area contributed by atoms with Crippen LogP contribution in [0.15, 0.2) is 42.5 Å². The van der Waals surface area contributed by atoms with E-state index in [2.05, 4.69) is 5.32 Å². The predicted molar refractivity (Wildman–Crippen MR) is 109 cm³/mol. The molecule has 1 atom stereocenters. The maximum Gasteiger partial charge on any atom is 0.267 e. The number of carbonyl (C=O) groups excluding carboxylic acids is 2. The van der Waals surface area contributed by atoms with Crippen LogP contribution in [0.25, 0.3) is 0 Å². The van der Waals surface area contributed by atoms with Gasteiger partial charge in [0.05, 0.1) is 18.7 Å². The first-order chi connectivity index (χ1) is 13.5. The SMILES string of the molecule is CCCN1C(=O)C(C)Oc2cc(NC(=O)Cc3ccc(OCC)cc3)ccc21. The zero-order chi connectivity index (χ0) is 20.1. The van der Waals surface area contributed by atoms with E-state index in [1.54, 1.807) is 24.0 Å². The second-order valence-corrected chi connectivity index (χ2v) is 6.73. The van der Waals surface area contributed by atoms with Gasteiger partial charge in [0.1, 0.15) is 11.5 Å². The Hall–Kier alpha value is -3.02. The summed E-state index contributed by atoms with van der Waals surface area (Å²) < 4.78 is 11.2. The van der Waals surface area contributed by atoms with Crippen LogP contribution in [0.3, 0.4) is 0 Å². The van der Waals surface area contributed by atoms with E-state index in [1.165, 1.54) is 0 Å². The van der Waals surface area contributed by atoms with Crippen molar-refractivity contribution in [2.75, 3.05) is 23.4 Å². The minimum atomic E-state index is -0.533. The number of ether oxygens (including phenoxy) is 2. The molecule has 0 spiro atoms. The summed E-state index contributed by atoms with van der Waals surface area (Å²) in [5.74, 6) is 1.24. The number of carbonyl (C=O) groups is 2. The largest absolute Gasteiger partial charge is 0.494 e. The first-order valence-electron chi connectivity index (χ1n) is 9.65. The first-order valence-corrected chi connectivity index (χ1v) is 9.65. The first kappa shape index (κ1) is 19.7. The van der Waals surface area contributed by atoms with Crippen molar-refractivity contribution in [1.29, 1.82) is 0 Å². The topological polar surface area (TPSA) is 67.9 Å². The standard InChI is InChI=1S/C22H26N2O4/c1-4-12-24-19-11-8-17(14-20(19)28-15(3)22(24)26)23-21(25)13-16-6-9-18(10-7-16)27-5-2/h6-11,14-15H,4-5,12-13H2,1-3H3,(H,23,25). The highest BCUT2D eigenvalue weighted by Crippen LogP contribution is 2.36. The molecule has 0 saturated heterocycles. The highest BCUT2D eigenvalue weighted by Gasteiger charge is 2.31. The maximum atomic E-state index is 12.4. The van der Waals surface area contributed by atoms with Crippen LogP contribution in [0, 0.1) is 0 Å². The van der Waals surface area contributed by atoms with Crippen LogP contribution in [0.4, 0.5) is 11.4 Å². The maximum absolute atomic E-state index is 12.4. The summed E-state index contributed by atoms with van der Waals surface area (Å²) in [6.07, 6.45) is 0.591. The molecule has 0 aliphatic carbocycles. The summed E-state index contributed by atoms with van der Waals surface area (Å²) in [5, 5.41) is 2.90. The van der Waals surface area contributed by atoms with Gasteiger partial charge >= 0.3 is 0 Å². The Morgan fingerprint density at radius 3 is 2.61 bits per heavy atom. The molecule has 6 nitrogen and oxygen atoms in total. The van der Waals surface area contributed by atoms with Crippen LogP contribution in [0.5, 0.6) is 11.5 Å². The molecule has 0 saturated carbocycles. The number of nitrogens with one attached hydrogen (secondary N) is 1. The number of nitrogens with zero attached hydrogens (tertiary/aromatic N) is 1. The van der Waals surface area contributed by atoms with Gasteiger partial charge in [0.15, 0.2) is 6.10 Å². The van der Waals surface area contributed by atoms with E-state index in [9.17, 15) is 9.59 Å². The molecule has 1 aliphatic heterocycles. The van der Waals surface area contributed by atoms with Gasteiger partial charge in [-0.25, -0.2) is 0 Å². The normalized spacial score (nSPS) is 15.6. The molecule has 0 bridgehead atoms. The van der Waals surface area contributed by atoms with Crippen molar-refractivity contribution in [2.24, 2.45) is 0 Å². The third kappa shape index (κ3) is 4.44. The third-order valence-electron chi connectivity index (χ3n) is 4.50. The van der Waals surface area contributed by atoms with Gasteiger partial charge in [-0.1, -0.05) is 19.1 Å². The number of hydrogen-bond donors (Lipinski definition) is 1. The number of rotatable bonds is 7. The molecule has 6 heteroatoms. The smallest absolute Gasteiger partial charge is 0.267 e. The van der Waals surface area contributed by atoms with Gasteiger partial charge in [0.2, 0.25) is 5.91 Å². The number of benzene rings is 2. The van der Waals surface area contributed by atoms with Gasteiger partial charge in [-0.3, -0.25) is 9.59 Å². The molecule has 3 rings (SSSR count). The summed E-state index contributed by atoms with van der Waals surface area (Å²) in [7, 11) is 0. The van der Waals surface area contributed by atoms with Gasteiger partial charge in [-0.15, -0.1) is 0 Å². The molecule has 1 N–H and O–H groups in total. The van der Waals surface area contributed by atoms with Crippen molar-refractivity contribution < 1.29 is 19.1 Å². The molecule has 0 aromatic heterocycles. The lowest BCUT2D eigenvalue weighted by Gasteiger charge is -2.33. The minimum Gasteiger partial charge on any atom is -0.494 e. The van der Waals surface area contributed by atoms with E-state index in [0.717, 1.165) is 23.4 Å². The molecule has 1 heterocycles. The zero-order valence-electron chi connectivity index (χ0n) is 16.5. The molecule has 2 aromatic rings. The van der Waals surface area contributed by atoms with Gasteiger partial charge in [-0.2, -0.15) is 0 Å². The van der Waals surface area contributed by atoms with E-state index in [0.29, 0.717) is 24.6 Å². The Balaban J connectivity index is 1.68. The Bertz CT molecular complexity index is 848. The van der Waals surface area contributed by atoms with Crippen molar-refractivity contribution >= 4 is 23.2 Å². The van der Waals surface area contributed by atoms with Crippen LogP contribution in [-0.2, 0) is 16.0 Å². The average molecular weight is 382 g/mol. The molecule has 2 amide bonds. The summed E-state index contributed by atoms with van der Waals surface area (Å²) in [5.41, 5.74) is 2.30. The van der Waals surface area contributed by atoms with E-state index < -0.39 is 6.10 Å². The fraction of sp³-hybridized carbons (Fsp3) is 0.364. The Kier molecular flexibility index (Phi) is 6.19. The summed E-state index contributed by atoms with van der Waals surface area (Å²) in [6, 6.07) is 12.9. The molecule has 28 heavy (non-hydrogen) atoms. The third-order valence-corrected chi connectivity index (χ3v) is 4.50. The van der Waals surface area contributed by atoms with Crippen molar-refractivity contribution in [3.63, 3.8) is 0 Å². The lowest BCUT2D eigenvalue weighted by molar-refractivity contribution is -0.125. The second-order valence-electron chi connectivity index (χ2n) is 6.73. The van der Waals surface area contributed by atoms with Crippen molar-refractivity contribution in [3.8, 4) is 11.5 Å². The summed E-state index contributed by atoms with van der Waals surface area (Å²) in [4.78, 5) is 26.5. The van der Waals surface area contributed by atoms with Gasteiger partial charge in [0.25, 0.3) is 5.91 Å². The number of fused-ring (bicyclic) bond motifs is 1. The van der Waals surface area contributed by atoms with Crippen molar-refractivity contribution in [1.82, 2.24) is 0 Å². The number of hydrogen-bond acceptors (Lipinski definition) is 4. The Morgan fingerprint density at radius 1 is 1.18 bits per heavy atom. The molecule has 0 fully saturated rings. The van der Waals surface area contributed by atoms with Gasteiger partial charge in [0, 0.05) is 18.3 Å². The molecule has 2 aromatic carbocycles. The van der Waals surface area contributed by atoms with E-state index in [1.807, 2.05) is 44.2 Å². The second kappa shape index (κ2) is 8.78. The highest BCUT2D eigenvalue weighted by molar-refractivity contribution is 6.00. The lowest BCUT2D eigenvalue weighted by atomic mass is 10.1. The fourth-order valence-corrected chi connectivity index (χ4v) is 3.20. The molecular weight excluding hydrogens is 356 g/mol. The summed E-state index contributed by atoms with van der Waals surface area (Å²) in [6.45, 7) is 6.96. The molecule has 1 unspecified atom stereocenters. The fourth-order valence-electron chi connectivity index (χ4n) is 3.20. The van der Waals surface area contributed by atoms with E-state index >= 15 is 0 Å². The molecule has 148 valence electrons. The zero-order valence-corrected chi connectivity index (χ0v) is 16.5. The van der Waals surface area contributed by atoms with Gasteiger partial charge < -0.3 is 19.7 Å². The number of anilines is 2. The van der Waals surface area contributed by atoms with Crippen LogP contribution < -0.4 is 19.7 Å². The van der Waals surface area contributed by atoms with Crippen LogP contribution in [0.2, 0.25) is 0 Å². The van der Waals surface area contributed by atoms with E-state index in [-0.39, 0.29) is 18.2 Å². The Labute approximate surface area is 165 Å². The van der Waals surface area contributed by atoms with Crippen LogP contribution >= 0.6 is 0 Å². The average Bonchev–Trinajstić information content (AvgIpc) is 2.67. The van der Waals surface area contributed by atoms with Crippen molar-refractivity contribution in [2.45, 2.75) is 39.7 Å². The van der Waals surface area contributed by atoms with Gasteiger partial charge in [-0.05, 0) is 50.1 Å². The monoisotopic (exact) mass is 382 g/mol. The van der Waals surface area contributed by atoms with Crippen LogP contribution in [0.1, 0.15) is 32.8 Å². The molecule has 1 aliphatic rings.